The molecule has 1 N–H and O–H groups in total. The molecule has 0 spiro atoms. The van der Waals surface area contributed by atoms with Crippen molar-refractivity contribution in [3.63, 3.8) is 0 Å². The van der Waals surface area contributed by atoms with Crippen LogP contribution in [-0.2, 0) is 0 Å². The van der Waals surface area contributed by atoms with E-state index in [1.807, 2.05) is 13.0 Å². The number of pyridine rings is 1. The third-order valence-corrected chi connectivity index (χ3v) is 6.15. The van der Waals surface area contributed by atoms with Gasteiger partial charge in [0.2, 0.25) is 5.95 Å². The highest BCUT2D eigenvalue weighted by Crippen LogP contribution is 2.35. The average Bonchev–Trinajstić information content (AvgIpc) is 3.44. The monoisotopic (exact) mass is 501 g/mol. The topological polar surface area (TPSA) is 90.0 Å². The van der Waals surface area contributed by atoms with Crippen LogP contribution >= 0.6 is 0 Å². The van der Waals surface area contributed by atoms with Crippen molar-refractivity contribution in [2.45, 2.75) is 39.7 Å². The Morgan fingerprint density at radius 2 is 1.86 bits per heavy atom. The molecule has 37 heavy (non-hydrogen) atoms. The van der Waals surface area contributed by atoms with Crippen molar-refractivity contribution >= 4 is 17.4 Å². The maximum absolute atomic E-state index is 13.6. The van der Waals surface area contributed by atoms with Crippen molar-refractivity contribution in [2.75, 3.05) is 5.32 Å². The lowest BCUT2D eigenvalue weighted by atomic mass is 10.1. The highest BCUT2D eigenvalue weighted by Gasteiger charge is 2.23. The van der Waals surface area contributed by atoms with Gasteiger partial charge in [-0.25, -0.2) is 23.9 Å². The van der Waals surface area contributed by atoms with Crippen LogP contribution in [0.1, 0.15) is 48.9 Å². The summed E-state index contributed by atoms with van der Waals surface area (Å²) in [5, 5.41) is 7.45. The van der Waals surface area contributed by atoms with E-state index in [4.69, 9.17) is 10.1 Å². The van der Waals surface area contributed by atoms with Crippen LogP contribution in [0.4, 0.5) is 14.6 Å². The van der Waals surface area contributed by atoms with Crippen LogP contribution in [0.2, 0.25) is 0 Å². The lowest BCUT2D eigenvalue weighted by molar-refractivity contribution is 0.102. The van der Waals surface area contributed by atoms with Gasteiger partial charge in [0.15, 0.2) is 11.5 Å². The Morgan fingerprint density at radius 3 is 2.59 bits per heavy atom. The second kappa shape index (κ2) is 9.88. The van der Waals surface area contributed by atoms with Gasteiger partial charge in [-0.3, -0.25) is 4.79 Å². The van der Waals surface area contributed by atoms with Gasteiger partial charge < -0.3 is 9.88 Å². The molecule has 188 valence electrons. The van der Waals surface area contributed by atoms with Crippen molar-refractivity contribution in [3.05, 3.63) is 84.1 Å². The summed E-state index contributed by atoms with van der Waals surface area (Å²) in [7, 11) is 0. The second-order valence-electron chi connectivity index (χ2n) is 8.84. The van der Waals surface area contributed by atoms with Crippen LogP contribution in [0.5, 0.6) is 0 Å². The summed E-state index contributed by atoms with van der Waals surface area (Å²) in [5.74, 6) is -0.460. The van der Waals surface area contributed by atoms with E-state index in [1.54, 1.807) is 28.9 Å². The number of benzene rings is 1. The van der Waals surface area contributed by atoms with E-state index in [-0.39, 0.29) is 23.2 Å². The molecule has 8 nitrogen and oxygen atoms in total. The number of hydrogen-bond donors (Lipinski definition) is 1. The fourth-order valence-electron chi connectivity index (χ4n) is 4.49. The van der Waals surface area contributed by atoms with Crippen molar-refractivity contribution in [1.82, 2.24) is 29.1 Å². The maximum Gasteiger partial charge on any atom is 0.257 e. The zero-order valence-electron chi connectivity index (χ0n) is 20.6. The number of imidazole rings is 2. The molecule has 5 aromatic rings. The first-order chi connectivity index (χ1) is 17.8. The summed E-state index contributed by atoms with van der Waals surface area (Å²) in [4.78, 5) is 25.2. The predicted octanol–water partition coefficient (Wildman–Crippen LogP) is 5.85. The Hall–Kier alpha value is -4.47. The average molecular weight is 502 g/mol. The standard InChI is InChI=1S/C27H25F2N7O/c1-4-5-16(2)36-17(3)31-25(18-6-8-20(28)9-7-18)26(36)21-10-11-24-32-23(15-35(24)34-21)33-27(37)19-12-13-30-22(29)14-19/h6-16H,4-5H2,1-3H3,(H,33,37). The Labute approximate surface area is 212 Å². The van der Waals surface area contributed by atoms with E-state index < -0.39 is 11.9 Å². The molecule has 1 amide bonds. The van der Waals surface area contributed by atoms with Crippen molar-refractivity contribution in [2.24, 2.45) is 0 Å². The molecule has 0 aliphatic carbocycles. The molecule has 0 bridgehead atoms. The van der Waals surface area contributed by atoms with Gasteiger partial charge in [0.25, 0.3) is 5.91 Å². The number of aromatic nitrogens is 6. The maximum atomic E-state index is 13.6. The number of nitrogens with zero attached hydrogens (tertiary/aromatic N) is 6. The number of carbonyl (C=O) groups is 1. The molecule has 0 saturated heterocycles. The Bertz CT molecular complexity index is 1590. The first-order valence-corrected chi connectivity index (χ1v) is 12.0. The summed E-state index contributed by atoms with van der Waals surface area (Å²) in [6.45, 7) is 6.23. The van der Waals surface area contributed by atoms with Gasteiger partial charge in [0.1, 0.15) is 17.3 Å². The zero-order valence-corrected chi connectivity index (χ0v) is 20.6. The van der Waals surface area contributed by atoms with Gasteiger partial charge in [-0.1, -0.05) is 13.3 Å². The number of aryl methyl sites for hydroxylation is 1. The SMILES string of the molecule is CCCC(C)n1c(C)nc(-c2ccc(F)cc2)c1-c1ccc2nc(NC(=O)c3ccnc(F)c3)cn2n1. The summed E-state index contributed by atoms with van der Waals surface area (Å²) < 4.78 is 30.8. The predicted molar refractivity (Wildman–Crippen MR) is 136 cm³/mol. The number of hydrogen-bond acceptors (Lipinski definition) is 5. The summed E-state index contributed by atoms with van der Waals surface area (Å²) >= 11 is 0. The fourth-order valence-corrected chi connectivity index (χ4v) is 4.49. The number of halogens is 2. The van der Waals surface area contributed by atoms with E-state index in [0.29, 0.717) is 17.0 Å². The molecular weight excluding hydrogens is 476 g/mol. The third-order valence-electron chi connectivity index (χ3n) is 6.15. The van der Waals surface area contributed by atoms with Gasteiger partial charge in [0, 0.05) is 29.4 Å². The van der Waals surface area contributed by atoms with Gasteiger partial charge in [0.05, 0.1) is 17.6 Å². The first kappa shape index (κ1) is 24.2. The smallest absolute Gasteiger partial charge is 0.257 e. The number of amides is 1. The van der Waals surface area contributed by atoms with E-state index in [0.717, 1.165) is 36.0 Å². The second-order valence-corrected chi connectivity index (χ2v) is 8.84. The number of rotatable bonds is 7. The lowest BCUT2D eigenvalue weighted by Crippen LogP contribution is -2.12. The molecule has 1 aromatic carbocycles. The minimum Gasteiger partial charge on any atom is -0.324 e. The molecule has 1 atom stereocenters. The first-order valence-electron chi connectivity index (χ1n) is 12.0. The molecular formula is C27H25F2N7O. The van der Waals surface area contributed by atoms with Crippen LogP contribution in [0.25, 0.3) is 28.3 Å². The molecule has 4 heterocycles. The van der Waals surface area contributed by atoms with Crippen molar-refractivity contribution < 1.29 is 13.6 Å². The van der Waals surface area contributed by atoms with Gasteiger partial charge in [-0.15, -0.1) is 0 Å². The Balaban J connectivity index is 1.56. The molecule has 0 aliphatic heterocycles. The van der Waals surface area contributed by atoms with Crippen molar-refractivity contribution in [1.29, 1.82) is 0 Å². The Morgan fingerprint density at radius 1 is 1.08 bits per heavy atom. The molecule has 0 saturated carbocycles. The largest absolute Gasteiger partial charge is 0.324 e. The minimum absolute atomic E-state index is 0.131. The minimum atomic E-state index is -0.741. The molecule has 1 unspecified atom stereocenters. The third kappa shape index (κ3) is 4.82. The lowest BCUT2D eigenvalue weighted by Gasteiger charge is -2.18. The summed E-state index contributed by atoms with van der Waals surface area (Å²) in [6.07, 6.45) is 4.77. The zero-order chi connectivity index (χ0) is 26.1. The normalized spacial score (nSPS) is 12.1. The molecule has 0 radical (unpaired) electrons. The van der Waals surface area contributed by atoms with Gasteiger partial charge >= 0.3 is 0 Å². The molecule has 4 aromatic heterocycles. The highest BCUT2D eigenvalue weighted by atomic mass is 19.1. The molecule has 10 heteroatoms. The van der Waals surface area contributed by atoms with Crippen LogP contribution in [0.15, 0.2) is 60.9 Å². The molecule has 0 aliphatic rings. The van der Waals surface area contributed by atoms with E-state index in [1.165, 1.54) is 24.4 Å². The van der Waals surface area contributed by atoms with Crippen molar-refractivity contribution in [3.8, 4) is 22.6 Å². The van der Waals surface area contributed by atoms with Gasteiger partial charge in [-0.05, 0) is 62.7 Å². The quantitative estimate of drug-likeness (QED) is 0.282. The number of anilines is 1. The fraction of sp³-hybridized carbons (Fsp3) is 0.222. The van der Waals surface area contributed by atoms with Crippen LogP contribution < -0.4 is 5.32 Å². The summed E-state index contributed by atoms with van der Waals surface area (Å²) in [6, 6.07) is 12.5. The highest BCUT2D eigenvalue weighted by molar-refractivity contribution is 6.03. The number of carbonyl (C=O) groups excluding carboxylic acids is 1. The Kier molecular flexibility index (Phi) is 6.47. The molecule has 0 fully saturated rings. The van der Waals surface area contributed by atoms with Crippen LogP contribution in [0, 0.1) is 18.7 Å². The van der Waals surface area contributed by atoms with Gasteiger partial charge in [-0.2, -0.15) is 9.49 Å². The van der Waals surface area contributed by atoms with Crippen LogP contribution in [0.3, 0.4) is 0 Å². The van der Waals surface area contributed by atoms with E-state index in [9.17, 15) is 13.6 Å². The van der Waals surface area contributed by atoms with E-state index >= 15 is 0 Å². The molecule has 5 rings (SSSR count). The summed E-state index contributed by atoms with van der Waals surface area (Å²) in [5.41, 5.74) is 3.62. The number of fused-ring (bicyclic) bond motifs is 1. The van der Waals surface area contributed by atoms with E-state index in [2.05, 4.69) is 33.7 Å². The number of nitrogens with one attached hydrogen (secondary N) is 1. The van der Waals surface area contributed by atoms with Crippen LogP contribution in [-0.4, -0.2) is 35.0 Å².